The topological polar surface area (TPSA) is 103 Å². The van der Waals surface area contributed by atoms with Crippen molar-refractivity contribution >= 4 is 35.0 Å². The first-order valence-corrected chi connectivity index (χ1v) is 14.9. The average Bonchev–Trinajstić information content (AvgIpc) is 2.95. The lowest BCUT2D eigenvalue weighted by Gasteiger charge is -2.50. The molecular formula is C29H42Cl2N6O2. The van der Waals surface area contributed by atoms with Crippen LogP contribution in [-0.4, -0.2) is 85.6 Å². The van der Waals surface area contributed by atoms with Gasteiger partial charge in [0.25, 0.3) is 0 Å². The fraction of sp³-hybridized carbons (Fsp3) is 0.586. The van der Waals surface area contributed by atoms with Crippen LogP contribution in [0.25, 0.3) is 0 Å². The number of hydrogen-bond acceptors (Lipinski definition) is 6. The van der Waals surface area contributed by atoms with Gasteiger partial charge in [0.15, 0.2) is 0 Å². The number of allylic oxidation sites excluding steroid dienone is 2. The zero-order valence-corrected chi connectivity index (χ0v) is 24.2. The first-order valence-electron chi connectivity index (χ1n) is 14.2. The van der Waals surface area contributed by atoms with Gasteiger partial charge in [-0.25, -0.2) is 0 Å². The molecule has 1 aromatic carbocycles. The molecule has 5 N–H and O–H groups in total. The molecule has 214 valence electrons. The Labute approximate surface area is 242 Å². The fourth-order valence-electron chi connectivity index (χ4n) is 5.99. The summed E-state index contributed by atoms with van der Waals surface area (Å²) in [6, 6.07) is 4.52. The first-order chi connectivity index (χ1) is 18.9. The van der Waals surface area contributed by atoms with Crippen molar-refractivity contribution in [1.82, 2.24) is 25.8 Å². The Morgan fingerprint density at radius 3 is 2.54 bits per heavy atom. The molecule has 10 heteroatoms. The van der Waals surface area contributed by atoms with Gasteiger partial charge in [-0.05, 0) is 36.6 Å². The molecule has 1 saturated carbocycles. The molecule has 1 aliphatic carbocycles. The molecule has 2 heterocycles. The number of halogens is 2. The highest BCUT2D eigenvalue weighted by molar-refractivity contribution is 6.35. The summed E-state index contributed by atoms with van der Waals surface area (Å²) in [6.07, 6.45) is 12.9. The van der Waals surface area contributed by atoms with E-state index < -0.39 is 6.04 Å². The van der Waals surface area contributed by atoms with Crippen molar-refractivity contribution in [3.8, 4) is 0 Å². The Kier molecular flexibility index (Phi) is 11.1. The van der Waals surface area contributed by atoms with Crippen LogP contribution in [-0.2, 0) is 16.0 Å². The number of nitrogens with two attached hydrogens (primary N) is 1. The van der Waals surface area contributed by atoms with E-state index in [0.717, 1.165) is 38.3 Å². The molecule has 8 nitrogen and oxygen atoms in total. The van der Waals surface area contributed by atoms with Gasteiger partial charge >= 0.3 is 0 Å². The van der Waals surface area contributed by atoms with Crippen molar-refractivity contribution in [3.63, 3.8) is 0 Å². The van der Waals surface area contributed by atoms with Crippen molar-refractivity contribution in [2.45, 2.75) is 56.5 Å². The van der Waals surface area contributed by atoms with Crippen molar-refractivity contribution < 1.29 is 9.59 Å². The summed E-state index contributed by atoms with van der Waals surface area (Å²) < 4.78 is 0. The highest BCUT2D eigenvalue weighted by Gasteiger charge is 2.40. The van der Waals surface area contributed by atoms with Crippen molar-refractivity contribution in [2.75, 3.05) is 52.4 Å². The molecule has 1 atom stereocenters. The minimum Gasteiger partial charge on any atom is -0.384 e. The minimum atomic E-state index is -0.704. The van der Waals surface area contributed by atoms with E-state index in [1.54, 1.807) is 12.1 Å². The van der Waals surface area contributed by atoms with Gasteiger partial charge in [0.1, 0.15) is 6.04 Å². The standard InChI is InChI=1S/C29H42Cl2N6O2/c30-23-8-7-22(25(31)19-23)18-26(35-27(38)9-12-32)28(39)36-14-16-37(17-15-36)29(10-3-1-4-11-29)21-33-20-24-6-2-5-13-34-24/h2,5-8,19,26,33-34H,1,3-4,9-18,20-21,32H2,(H,35,38)/t26-/m1/s1. The summed E-state index contributed by atoms with van der Waals surface area (Å²) in [5.41, 5.74) is 7.69. The van der Waals surface area contributed by atoms with Gasteiger partial charge in [0, 0.05) is 86.5 Å². The fourth-order valence-corrected chi connectivity index (χ4v) is 6.48. The third-order valence-electron chi connectivity index (χ3n) is 8.14. The van der Waals surface area contributed by atoms with Gasteiger partial charge in [-0.1, -0.05) is 60.7 Å². The number of amides is 2. The van der Waals surface area contributed by atoms with Crippen LogP contribution in [0.15, 0.2) is 42.1 Å². The van der Waals surface area contributed by atoms with Gasteiger partial charge in [-0.2, -0.15) is 0 Å². The number of piperazine rings is 1. The van der Waals surface area contributed by atoms with Gasteiger partial charge < -0.3 is 26.6 Å². The summed E-state index contributed by atoms with van der Waals surface area (Å²) in [6.45, 7) is 5.80. The van der Waals surface area contributed by atoms with Gasteiger partial charge in [0.05, 0.1) is 0 Å². The molecular weight excluding hydrogens is 535 g/mol. The lowest BCUT2D eigenvalue weighted by molar-refractivity contribution is -0.139. The van der Waals surface area contributed by atoms with Gasteiger partial charge in [-0.15, -0.1) is 0 Å². The van der Waals surface area contributed by atoms with Crippen molar-refractivity contribution in [2.24, 2.45) is 5.73 Å². The van der Waals surface area contributed by atoms with E-state index in [1.807, 2.05) is 11.0 Å². The van der Waals surface area contributed by atoms with Crippen LogP contribution < -0.4 is 21.7 Å². The molecule has 0 radical (unpaired) electrons. The SMILES string of the molecule is NCCC(=O)N[C@H](Cc1ccc(Cl)cc1Cl)C(=O)N1CCN(C2(CNCC3=CC=CCN3)CCCCC2)CC1. The molecule has 0 spiro atoms. The highest BCUT2D eigenvalue weighted by atomic mass is 35.5. The molecule has 0 aromatic heterocycles. The number of hydrogen-bond donors (Lipinski definition) is 4. The molecule has 3 aliphatic rings. The lowest BCUT2D eigenvalue weighted by atomic mass is 9.79. The lowest BCUT2D eigenvalue weighted by Crippen LogP contribution is -2.63. The molecule has 1 saturated heterocycles. The Bertz CT molecular complexity index is 1050. The van der Waals surface area contributed by atoms with Crippen molar-refractivity contribution in [3.05, 3.63) is 57.7 Å². The molecule has 1 aromatic rings. The van der Waals surface area contributed by atoms with E-state index in [2.05, 4.69) is 39.1 Å². The summed E-state index contributed by atoms with van der Waals surface area (Å²) in [7, 11) is 0. The summed E-state index contributed by atoms with van der Waals surface area (Å²) in [5.74, 6) is -0.310. The van der Waals surface area contributed by atoms with Crippen LogP contribution in [0.2, 0.25) is 10.0 Å². The predicted molar refractivity (Wildman–Crippen MR) is 158 cm³/mol. The summed E-state index contributed by atoms with van der Waals surface area (Å²) in [4.78, 5) is 30.6. The predicted octanol–water partition coefficient (Wildman–Crippen LogP) is 2.85. The molecule has 2 aliphatic heterocycles. The van der Waals surface area contributed by atoms with E-state index in [1.165, 1.54) is 37.8 Å². The number of rotatable bonds is 11. The van der Waals surface area contributed by atoms with Crippen molar-refractivity contribution in [1.29, 1.82) is 0 Å². The average molecular weight is 578 g/mol. The van der Waals surface area contributed by atoms with E-state index in [4.69, 9.17) is 28.9 Å². The zero-order chi connectivity index (χ0) is 27.7. The monoisotopic (exact) mass is 576 g/mol. The molecule has 2 amide bonds. The van der Waals surface area contributed by atoms with Crippen LogP contribution in [0.3, 0.4) is 0 Å². The Morgan fingerprint density at radius 2 is 1.87 bits per heavy atom. The maximum absolute atomic E-state index is 13.7. The van der Waals surface area contributed by atoms with Gasteiger partial charge in [0.2, 0.25) is 11.8 Å². The number of carbonyl (C=O) groups excluding carboxylic acids is 2. The molecule has 0 unspecified atom stereocenters. The summed E-state index contributed by atoms with van der Waals surface area (Å²) in [5, 5.41) is 11.1. The molecule has 2 fully saturated rings. The van der Waals surface area contributed by atoms with Crippen LogP contribution in [0.5, 0.6) is 0 Å². The van der Waals surface area contributed by atoms with E-state index in [-0.39, 0.29) is 30.3 Å². The smallest absolute Gasteiger partial charge is 0.245 e. The normalized spacial score (nSPS) is 20.2. The zero-order valence-electron chi connectivity index (χ0n) is 22.7. The Morgan fingerprint density at radius 1 is 1.10 bits per heavy atom. The van der Waals surface area contributed by atoms with E-state index >= 15 is 0 Å². The molecule has 0 bridgehead atoms. The second-order valence-electron chi connectivity index (χ2n) is 10.8. The largest absolute Gasteiger partial charge is 0.384 e. The van der Waals surface area contributed by atoms with E-state index in [9.17, 15) is 9.59 Å². The van der Waals surface area contributed by atoms with Crippen LogP contribution in [0.1, 0.15) is 44.1 Å². The quantitative estimate of drug-likeness (QED) is 0.323. The number of dihydropyridines is 1. The highest BCUT2D eigenvalue weighted by Crippen LogP contribution is 2.34. The van der Waals surface area contributed by atoms with E-state index in [0.29, 0.717) is 29.6 Å². The van der Waals surface area contributed by atoms with Gasteiger partial charge in [-0.3, -0.25) is 14.5 Å². The maximum Gasteiger partial charge on any atom is 0.245 e. The first kappa shape index (κ1) is 29.9. The number of nitrogens with zero attached hydrogens (tertiary/aromatic N) is 2. The van der Waals surface area contributed by atoms with Crippen LogP contribution in [0, 0.1) is 0 Å². The Hall–Kier alpha value is -2.10. The maximum atomic E-state index is 13.7. The Balaban J connectivity index is 1.39. The molecule has 4 rings (SSSR count). The second-order valence-corrected chi connectivity index (χ2v) is 11.6. The minimum absolute atomic E-state index is 0.0785. The second kappa shape index (κ2) is 14.5. The number of nitrogens with one attached hydrogen (secondary N) is 3. The number of benzene rings is 1. The summed E-state index contributed by atoms with van der Waals surface area (Å²) >= 11 is 12.5. The van der Waals surface area contributed by atoms with Crippen LogP contribution in [0.4, 0.5) is 0 Å². The number of carbonyl (C=O) groups is 2. The third-order valence-corrected chi connectivity index (χ3v) is 8.73. The molecule has 39 heavy (non-hydrogen) atoms. The third kappa shape index (κ3) is 8.21. The van der Waals surface area contributed by atoms with Crippen LogP contribution >= 0.6 is 23.2 Å².